The highest BCUT2D eigenvalue weighted by atomic mass is 79.9. The third-order valence-electron chi connectivity index (χ3n) is 3.03. The molecular weight excluding hydrogens is 240 g/mol. The monoisotopic (exact) mass is 254 g/mol. The maximum atomic E-state index is 9.93. The quantitative estimate of drug-likeness (QED) is 0.814. The van der Waals surface area contributed by atoms with Gasteiger partial charge in [0.25, 0.3) is 0 Å². The fraction of sp³-hybridized carbons (Fsp3) is 0.500. The molecule has 1 aromatic rings. The first-order valence-corrected chi connectivity index (χ1v) is 6.01. The highest BCUT2D eigenvalue weighted by molar-refractivity contribution is 9.10. The second-order valence-corrected chi connectivity index (χ2v) is 4.83. The van der Waals surface area contributed by atoms with E-state index in [1.807, 2.05) is 12.1 Å². The third kappa shape index (κ3) is 2.01. The van der Waals surface area contributed by atoms with Gasteiger partial charge in [-0.15, -0.1) is 0 Å². The molecule has 2 rings (SSSR count). The summed E-state index contributed by atoms with van der Waals surface area (Å²) >= 11 is 3.55. The molecule has 0 bridgehead atoms. The molecule has 0 spiro atoms. The molecule has 1 saturated carbocycles. The predicted molar refractivity (Wildman–Crippen MR) is 61.4 cm³/mol. The van der Waals surface area contributed by atoms with Gasteiger partial charge in [0.2, 0.25) is 0 Å². The molecule has 0 saturated heterocycles. The van der Waals surface area contributed by atoms with E-state index in [1.54, 1.807) is 0 Å². The smallest absolute Gasteiger partial charge is 0.0609 e. The normalized spacial score (nSPS) is 27.6. The number of halogens is 1. The second kappa shape index (κ2) is 4.45. The van der Waals surface area contributed by atoms with Crippen molar-refractivity contribution in [1.82, 2.24) is 0 Å². The van der Waals surface area contributed by atoms with Crippen molar-refractivity contribution in [1.29, 1.82) is 0 Å². The Morgan fingerprint density at radius 3 is 2.57 bits per heavy atom. The zero-order valence-electron chi connectivity index (χ0n) is 8.12. The summed E-state index contributed by atoms with van der Waals surface area (Å²) in [5, 5.41) is 9.93. The van der Waals surface area contributed by atoms with Crippen molar-refractivity contribution in [3.05, 3.63) is 34.3 Å². The van der Waals surface area contributed by atoms with Crippen LogP contribution in [-0.2, 0) is 0 Å². The zero-order chi connectivity index (χ0) is 9.97. The predicted octanol–water partition coefficient (Wildman–Crippen LogP) is 3.47. The van der Waals surface area contributed by atoms with E-state index in [2.05, 4.69) is 28.1 Å². The minimum Gasteiger partial charge on any atom is -0.392 e. The summed E-state index contributed by atoms with van der Waals surface area (Å²) < 4.78 is 1.13. The van der Waals surface area contributed by atoms with Gasteiger partial charge >= 0.3 is 0 Å². The lowest BCUT2D eigenvalue weighted by Gasteiger charge is -2.28. The van der Waals surface area contributed by atoms with Crippen LogP contribution in [0.3, 0.4) is 0 Å². The standard InChI is InChI=1S/C12H15BrO/c13-11-7-3-1-5-9(11)10-6-2-4-8-12(10)14/h1,3,5,7,10,12,14H,2,4,6,8H2. The molecule has 0 heterocycles. The van der Waals surface area contributed by atoms with E-state index in [-0.39, 0.29) is 6.10 Å². The van der Waals surface area contributed by atoms with Crippen molar-refractivity contribution >= 4 is 15.9 Å². The maximum absolute atomic E-state index is 9.93. The zero-order valence-corrected chi connectivity index (χ0v) is 9.70. The van der Waals surface area contributed by atoms with Crippen LogP contribution in [0.2, 0.25) is 0 Å². The van der Waals surface area contributed by atoms with E-state index in [0.717, 1.165) is 17.3 Å². The van der Waals surface area contributed by atoms with Gasteiger partial charge in [0, 0.05) is 10.4 Å². The van der Waals surface area contributed by atoms with Crippen LogP contribution in [0.25, 0.3) is 0 Å². The molecule has 0 aromatic heterocycles. The lowest BCUT2D eigenvalue weighted by Crippen LogP contribution is -2.22. The minimum atomic E-state index is -0.151. The van der Waals surface area contributed by atoms with Gasteiger partial charge < -0.3 is 5.11 Å². The van der Waals surface area contributed by atoms with Crippen LogP contribution in [0.15, 0.2) is 28.7 Å². The molecule has 14 heavy (non-hydrogen) atoms. The summed E-state index contributed by atoms with van der Waals surface area (Å²) in [4.78, 5) is 0. The average Bonchev–Trinajstić information content (AvgIpc) is 2.20. The molecule has 2 atom stereocenters. The minimum absolute atomic E-state index is 0.151. The van der Waals surface area contributed by atoms with Crippen molar-refractivity contribution in [3.8, 4) is 0 Å². The molecule has 0 amide bonds. The van der Waals surface area contributed by atoms with Crippen molar-refractivity contribution in [2.24, 2.45) is 0 Å². The van der Waals surface area contributed by atoms with Crippen LogP contribution in [0.1, 0.15) is 37.2 Å². The first kappa shape index (κ1) is 10.2. The van der Waals surface area contributed by atoms with Gasteiger partial charge in [-0.1, -0.05) is 47.0 Å². The highest BCUT2D eigenvalue weighted by Crippen LogP contribution is 2.36. The highest BCUT2D eigenvalue weighted by Gasteiger charge is 2.25. The second-order valence-electron chi connectivity index (χ2n) is 3.98. The molecule has 2 heteroatoms. The Hall–Kier alpha value is -0.340. The van der Waals surface area contributed by atoms with Gasteiger partial charge in [-0.2, -0.15) is 0 Å². The summed E-state index contributed by atoms with van der Waals surface area (Å²) in [5.41, 5.74) is 1.26. The molecule has 1 aromatic carbocycles. The van der Waals surface area contributed by atoms with Gasteiger partial charge in [-0.3, -0.25) is 0 Å². The molecule has 1 N–H and O–H groups in total. The molecule has 76 valence electrons. The molecule has 1 aliphatic rings. The number of aliphatic hydroxyl groups is 1. The Bertz CT molecular complexity index is 311. The first-order chi connectivity index (χ1) is 6.79. The topological polar surface area (TPSA) is 20.2 Å². The van der Waals surface area contributed by atoms with Crippen LogP contribution < -0.4 is 0 Å². The number of rotatable bonds is 1. The summed E-state index contributed by atoms with van der Waals surface area (Å²) in [7, 11) is 0. The van der Waals surface area contributed by atoms with Crippen LogP contribution in [0.4, 0.5) is 0 Å². The summed E-state index contributed by atoms with van der Waals surface area (Å²) in [6.07, 6.45) is 4.32. The molecule has 2 unspecified atom stereocenters. The van der Waals surface area contributed by atoms with E-state index in [0.29, 0.717) is 5.92 Å². The molecule has 0 aliphatic heterocycles. The van der Waals surface area contributed by atoms with Gasteiger partial charge in [-0.05, 0) is 24.5 Å². The Labute approximate surface area is 93.3 Å². The van der Waals surface area contributed by atoms with Crippen LogP contribution in [-0.4, -0.2) is 11.2 Å². The van der Waals surface area contributed by atoms with Crippen molar-refractivity contribution < 1.29 is 5.11 Å². The molecule has 1 aliphatic carbocycles. The van der Waals surface area contributed by atoms with E-state index >= 15 is 0 Å². The molecule has 1 fully saturated rings. The van der Waals surface area contributed by atoms with Crippen molar-refractivity contribution in [2.45, 2.75) is 37.7 Å². The van der Waals surface area contributed by atoms with Crippen LogP contribution >= 0.6 is 15.9 Å². The van der Waals surface area contributed by atoms with Crippen molar-refractivity contribution in [3.63, 3.8) is 0 Å². The lowest BCUT2D eigenvalue weighted by atomic mass is 9.82. The Balaban J connectivity index is 2.25. The Morgan fingerprint density at radius 1 is 1.14 bits per heavy atom. The summed E-state index contributed by atoms with van der Waals surface area (Å²) in [5.74, 6) is 0.333. The van der Waals surface area contributed by atoms with E-state index < -0.39 is 0 Å². The molecular formula is C12H15BrO. The largest absolute Gasteiger partial charge is 0.392 e. The average molecular weight is 255 g/mol. The van der Waals surface area contributed by atoms with Gasteiger partial charge in [-0.25, -0.2) is 0 Å². The van der Waals surface area contributed by atoms with E-state index in [1.165, 1.54) is 18.4 Å². The summed E-state index contributed by atoms with van der Waals surface area (Å²) in [6, 6.07) is 8.23. The number of hydrogen-bond acceptors (Lipinski definition) is 1. The third-order valence-corrected chi connectivity index (χ3v) is 3.76. The van der Waals surface area contributed by atoms with Crippen LogP contribution in [0, 0.1) is 0 Å². The summed E-state index contributed by atoms with van der Waals surface area (Å²) in [6.45, 7) is 0. The van der Waals surface area contributed by atoms with Gasteiger partial charge in [0.1, 0.15) is 0 Å². The fourth-order valence-electron chi connectivity index (χ4n) is 2.25. The molecule has 1 nitrogen and oxygen atoms in total. The van der Waals surface area contributed by atoms with Crippen molar-refractivity contribution in [2.75, 3.05) is 0 Å². The first-order valence-electron chi connectivity index (χ1n) is 5.21. The van der Waals surface area contributed by atoms with Crippen LogP contribution in [0.5, 0.6) is 0 Å². The van der Waals surface area contributed by atoms with Gasteiger partial charge in [0.15, 0.2) is 0 Å². The number of hydrogen-bond donors (Lipinski definition) is 1. The van der Waals surface area contributed by atoms with E-state index in [4.69, 9.17) is 0 Å². The lowest BCUT2D eigenvalue weighted by molar-refractivity contribution is 0.106. The van der Waals surface area contributed by atoms with Gasteiger partial charge in [0.05, 0.1) is 6.10 Å². The Kier molecular flexibility index (Phi) is 3.24. The maximum Gasteiger partial charge on any atom is 0.0609 e. The number of aliphatic hydroxyl groups excluding tert-OH is 1. The Morgan fingerprint density at radius 2 is 1.86 bits per heavy atom. The number of benzene rings is 1. The van der Waals surface area contributed by atoms with E-state index in [9.17, 15) is 5.11 Å². The molecule has 0 radical (unpaired) electrons. The SMILES string of the molecule is OC1CCCCC1c1ccccc1Br. The fourth-order valence-corrected chi connectivity index (χ4v) is 2.83.